The molecule has 1 aromatic rings. The Morgan fingerprint density at radius 2 is 1.90 bits per heavy atom. The lowest BCUT2D eigenvalue weighted by atomic mass is 10.1. The zero-order valence-corrected chi connectivity index (χ0v) is 21.5. The van der Waals surface area contributed by atoms with Crippen LogP contribution in [0.1, 0.15) is 32.8 Å². The van der Waals surface area contributed by atoms with Gasteiger partial charge in [-0.05, 0) is 32.8 Å². The predicted molar refractivity (Wildman–Crippen MR) is 133 cm³/mol. The van der Waals surface area contributed by atoms with Gasteiger partial charge < -0.3 is 15.5 Å². The summed E-state index contributed by atoms with van der Waals surface area (Å²) in [6.45, 7) is 8.25. The van der Waals surface area contributed by atoms with Crippen LogP contribution in [0.15, 0.2) is 35.3 Å². The summed E-state index contributed by atoms with van der Waals surface area (Å²) in [5, 5.41) is 6.41. The molecule has 1 fully saturated rings. The van der Waals surface area contributed by atoms with Gasteiger partial charge in [0.15, 0.2) is 15.8 Å². The SMILES string of the molecule is CCNC(=NCC(C)(C)S(C)(=O)=O)NCC1CC(=O)N(CCc2ccccc2)C1.I. The molecule has 1 atom stereocenters. The molecule has 9 heteroatoms. The highest BCUT2D eigenvalue weighted by Crippen LogP contribution is 2.18. The van der Waals surface area contributed by atoms with Gasteiger partial charge in [0.25, 0.3) is 0 Å². The third kappa shape index (κ3) is 8.05. The van der Waals surface area contributed by atoms with Crippen LogP contribution in [0.25, 0.3) is 0 Å². The van der Waals surface area contributed by atoms with Gasteiger partial charge in [-0.2, -0.15) is 0 Å². The fraction of sp³-hybridized carbons (Fsp3) is 0.619. The van der Waals surface area contributed by atoms with E-state index in [1.54, 1.807) is 13.8 Å². The number of hydrogen-bond acceptors (Lipinski definition) is 4. The number of carbonyl (C=O) groups excluding carboxylic acids is 1. The van der Waals surface area contributed by atoms with E-state index < -0.39 is 14.6 Å². The van der Waals surface area contributed by atoms with E-state index in [0.29, 0.717) is 25.5 Å². The number of likely N-dealkylation sites (tertiary alicyclic amines) is 1. The molecule has 1 aromatic carbocycles. The van der Waals surface area contributed by atoms with Crippen LogP contribution in [0.4, 0.5) is 0 Å². The molecule has 7 nitrogen and oxygen atoms in total. The van der Waals surface area contributed by atoms with Gasteiger partial charge in [-0.1, -0.05) is 30.3 Å². The maximum atomic E-state index is 12.3. The number of guanidine groups is 1. The Hall–Kier alpha value is -1.36. The molecule has 0 bridgehead atoms. The van der Waals surface area contributed by atoms with Gasteiger partial charge in [0.05, 0.1) is 11.3 Å². The maximum absolute atomic E-state index is 12.3. The Bertz CT molecular complexity index is 813. The quantitative estimate of drug-likeness (QED) is 0.279. The number of nitrogens with zero attached hydrogens (tertiary/aromatic N) is 2. The van der Waals surface area contributed by atoms with Crippen molar-refractivity contribution < 1.29 is 13.2 Å². The molecule has 1 aliphatic rings. The number of rotatable bonds is 9. The summed E-state index contributed by atoms with van der Waals surface area (Å²) >= 11 is 0. The van der Waals surface area contributed by atoms with Crippen molar-refractivity contribution in [1.29, 1.82) is 0 Å². The van der Waals surface area contributed by atoms with Gasteiger partial charge in [0.1, 0.15) is 0 Å². The van der Waals surface area contributed by atoms with Crippen LogP contribution in [0.2, 0.25) is 0 Å². The number of halogens is 1. The second-order valence-electron chi connectivity index (χ2n) is 8.25. The molecule has 170 valence electrons. The monoisotopic (exact) mass is 550 g/mol. The summed E-state index contributed by atoms with van der Waals surface area (Å²) in [5.74, 6) is 0.984. The number of sulfone groups is 1. The number of amides is 1. The minimum absolute atomic E-state index is 0. The highest BCUT2D eigenvalue weighted by atomic mass is 127. The Morgan fingerprint density at radius 1 is 1.23 bits per heavy atom. The first kappa shape index (κ1) is 26.7. The third-order valence-electron chi connectivity index (χ3n) is 5.33. The molecule has 2 rings (SSSR count). The zero-order valence-electron chi connectivity index (χ0n) is 18.3. The van der Waals surface area contributed by atoms with Gasteiger partial charge >= 0.3 is 0 Å². The Kier molecular flexibility index (Phi) is 10.6. The molecule has 2 N–H and O–H groups in total. The van der Waals surface area contributed by atoms with Crippen molar-refractivity contribution in [3.8, 4) is 0 Å². The van der Waals surface area contributed by atoms with Crippen molar-refractivity contribution in [2.45, 2.75) is 38.4 Å². The summed E-state index contributed by atoms with van der Waals surface area (Å²) in [6.07, 6.45) is 2.62. The third-order valence-corrected chi connectivity index (χ3v) is 7.47. The molecule has 0 saturated carbocycles. The largest absolute Gasteiger partial charge is 0.357 e. The van der Waals surface area contributed by atoms with Crippen LogP contribution in [-0.2, 0) is 21.1 Å². The first-order valence-corrected chi connectivity index (χ1v) is 12.0. The minimum atomic E-state index is -3.20. The summed E-state index contributed by atoms with van der Waals surface area (Å²) in [6, 6.07) is 10.2. The Balaban J connectivity index is 0.00000450. The van der Waals surface area contributed by atoms with Crippen molar-refractivity contribution >= 4 is 45.7 Å². The van der Waals surface area contributed by atoms with E-state index in [1.807, 2.05) is 30.0 Å². The van der Waals surface area contributed by atoms with Gasteiger partial charge in [-0.25, -0.2) is 8.42 Å². The standard InChI is InChI=1S/C21H34N4O3S.HI/c1-5-22-20(24-16-21(2,3)29(4,27)28)23-14-18-13-19(26)25(15-18)12-11-17-9-7-6-8-10-17;/h6-10,18H,5,11-16H2,1-4H3,(H2,22,23,24);1H. The summed E-state index contributed by atoms with van der Waals surface area (Å²) in [7, 11) is -3.20. The van der Waals surface area contributed by atoms with Crippen LogP contribution in [0, 0.1) is 5.92 Å². The Morgan fingerprint density at radius 3 is 2.50 bits per heavy atom. The van der Waals surface area contributed by atoms with Gasteiger partial charge in [-0.3, -0.25) is 9.79 Å². The number of hydrogen-bond donors (Lipinski definition) is 2. The summed E-state index contributed by atoms with van der Waals surface area (Å²) in [4.78, 5) is 18.7. The average molecular weight is 551 g/mol. The van der Waals surface area contributed by atoms with E-state index in [2.05, 4.69) is 27.8 Å². The molecule has 0 radical (unpaired) electrons. The van der Waals surface area contributed by atoms with Crippen LogP contribution in [0.3, 0.4) is 0 Å². The van der Waals surface area contributed by atoms with Crippen LogP contribution < -0.4 is 10.6 Å². The fourth-order valence-electron chi connectivity index (χ4n) is 3.08. The molecular formula is C21H35IN4O3S. The average Bonchev–Trinajstić information content (AvgIpc) is 3.02. The molecule has 1 unspecified atom stereocenters. The van der Waals surface area contributed by atoms with E-state index in [-0.39, 0.29) is 42.3 Å². The molecular weight excluding hydrogens is 515 g/mol. The van der Waals surface area contributed by atoms with Crippen molar-refractivity contribution in [3.63, 3.8) is 0 Å². The smallest absolute Gasteiger partial charge is 0.223 e. The molecule has 1 heterocycles. The first-order valence-electron chi connectivity index (χ1n) is 10.2. The van der Waals surface area contributed by atoms with Crippen molar-refractivity contribution in [1.82, 2.24) is 15.5 Å². The van der Waals surface area contributed by atoms with Crippen LogP contribution in [0.5, 0.6) is 0 Å². The molecule has 0 spiro atoms. The minimum Gasteiger partial charge on any atom is -0.357 e. The molecule has 1 aliphatic heterocycles. The molecule has 1 amide bonds. The molecule has 1 saturated heterocycles. The molecule has 0 aliphatic carbocycles. The lowest BCUT2D eigenvalue weighted by molar-refractivity contribution is -0.127. The first-order chi connectivity index (χ1) is 13.6. The molecule has 30 heavy (non-hydrogen) atoms. The topological polar surface area (TPSA) is 90.9 Å². The number of nitrogens with one attached hydrogen (secondary N) is 2. The second kappa shape index (κ2) is 11.9. The van der Waals surface area contributed by atoms with Crippen molar-refractivity contribution in [2.75, 3.05) is 39.0 Å². The van der Waals surface area contributed by atoms with E-state index in [1.165, 1.54) is 11.8 Å². The lowest BCUT2D eigenvalue weighted by Gasteiger charge is -2.21. The van der Waals surface area contributed by atoms with Crippen LogP contribution in [-0.4, -0.2) is 68.9 Å². The fourth-order valence-corrected chi connectivity index (χ4v) is 3.38. The van der Waals surface area contributed by atoms with Crippen LogP contribution >= 0.6 is 24.0 Å². The highest BCUT2D eigenvalue weighted by Gasteiger charge is 2.31. The second-order valence-corrected chi connectivity index (χ2v) is 10.9. The van der Waals surface area contributed by atoms with Gasteiger partial charge in [-0.15, -0.1) is 24.0 Å². The number of carbonyl (C=O) groups is 1. The number of benzene rings is 1. The summed E-state index contributed by atoms with van der Waals surface area (Å²) < 4.78 is 22.8. The Labute approximate surface area is 198 Å². The zero-order chi connectivity index (χ0) is 21.5. The van der Waals surface area contributed by atoms with Gasteiger partial charge in [0.2, 0.25) is 5.91 Å². The normalized spacial score (nSPS) is 17.6. The predicted octanol–water partition coefficient (Wildman–Crippen LogP) is 2.07. The summed E-state index contributed by atoms with van der Waals surface area (Å²) in [5.41, 5.74) is 1.23. The van der Waals surface area contributed by atoms with E-state index in [9.17, 15) is 13.2 Å². The van der Waals surface area contributed by atoms with E-state index >= 15 is 0 Å². The lowest BCUT2D eigenvalue weighted by Crippen LogP contribution is -2.42. The van der Waals surface area contributed by atoms with Gasteiger partial charge in [0, 0.05) is 44.8 Å². The van der Waals surface area contributed by atoms with E-state index in [0.717, 1.165) is 19.5 Å². The van der Waals surface area contributed by atoms with Crippen molar-refractivity contribution in [2.24, 2.45) is 10.9 Å². The molecule has 0 aromatic heterocycles. The number of aliphatic imine (C=N–C) groups is 1. The van der Waals surface area contributed by atoms with E-state index in [4.69, 9.17) is 0 Å². The maximum Gasteiger partial charge on any atom is 0.223 e. The van der Waals surface area contributed by atoms with Crippen molar-refractivity contribution in [3.05, 3.63) is 35.9 Å². The highest BCUT2D eigenvalue weighted by molar-refractivity contribution is 14.0.